The van der Waals surface area contributed by atoms with Crippen LogP contribution in [0.5, 0.6) is 0 Å². The van der Waals surface area contributed by atoms with Crippen molar-refractivity contribution in [2.75, 3.05) is 11.4 Å². The molecule has 1 N–H and O–H groups in total. The second-order valence-corrected chi connectivity index (χ2v) is 5.12. The average Bonchev–Trinajstić information content (AvgIpc) is 2.90. The van der Waals surface area contributed by atoms with Gasteiger partial charge in [-0.05, 0) is 36.2 Å². The number of fused-ring (bicyclic) bond motifs is 1. The van der Waals surface area contributed by atoms with Crippen LogP contribution in [-0.4, -0.2) is 28.5 Å². The molecule has 5 nitrogen and oxygen atoms in total. The van der Waals surface area contributed by atoms with E-state index in [0.29, 0.717) is 23.6 Å². The third-order valence-corrected chi connectivity index (χ3v) is 3.77. The summed E-state index contributed by atoms with van der Waals surface area (Å²) in [6, 6.07) is 6.35. The zero-order valence-corrected chi connectivity index (χ0v) is 11.7. The lowest BCUT2D eigenvalue weighted by molar-refractivity contribution is 0.0696. The number of carboxylic acids is 1. The van der Waals surface area contributed by atoms with Gasteiger partial charge in [0.2, 0.25) is 0 Å². The van der Waals surface area contributed by atoms with Crippen LogP contribution in [0.1, 0.15) is 26.3 Å². The fraction of sp³-hybridized carbons (Fsp3) is 0.133. The molecule has 1 aliphatic rings. The smallest absolute Gasteiger partial charge is 0.335 e. The Kier molecular flexibility index (Phi) is 3.35. The van der Waals surface area contributed by atoms with Crippen LogP contribution < -0.4 is 4.90 Å². The summed E-state index contributed by atoms with van der Waals surface area (Å²) < 4.78 is 0. The van der Waals surface area contributed by atoms with Crippen molar-refractivity contribution < 1.29 is 14.7 Å². The van der Waals surface area contributed by atoms with E-state index < -0.39 is 5.97 Å². The second kappa shape index (κ2) is 5.18. The summed E-state index contributed by atoms with van der Waals surface area (Å²) >= 11 is 6.00. The number of amides is 1. The van der Waals surface area contributed by atoms with Crippen LogP contribution in [0.4, 0.5) is 5.69 Å². The Morgan fingerprint density at radius 1 is 1.29 bits per heavy atom. The molecule has 0 saturated carbocycles. The van der Waals surface area contributed by atoms with Crippen LogP contribution in [0, 0.1) is 0 Å². The van der Waals surface area contributed by atoms with Gasteiger partial charge in [0.1, 0.15) is 0 Å². The minimum atomic E-state index is -0.972. The molecule has 106 valence electrons. The number of carbonyl (C=O) groups excluding carboxylic acids is 1. The topological polar surface area (TPSA) is 70.5 Å². The molecule has 0 bridgehead atoms. The predicted molar refractivity (Wildman–Crippen MR) is 78.0 cm³/mol. The van der Waals surface area contributed by atoms with Crippen LogP contribution in [0.3, 0.4) is 0 Å². The van der Waals surface area contributed by atoms with Gasteiger partial charge in [-0.2, -0.15) is 0 Å². The van der Waals surface area contributed by atoms with Crippen molar-refractivity contribution in [3.63, 3.8) is 0 Å². The van der Waals surface area contributed by atoms with E-state index in [1.165, 1.54) is 18.5 Å². The Hall–Kier alpha value is -2.40. The van der Waals surface area contributed by atoms with Gasteiger partial charge in [0.05, 0.1) is 16.1 Å². The molecule has 6 heteroatoms. The summed E-state index contributed by atoms with van der Waals surface area (Å²) in [5.74, 6) is -1.18. The molecule has 0 unspecified atom stereocenters. The normalized spacial score (nSPS) is 13.1. The standard InChI is InChI=1S/C15H11ClN2O3/c16-12-8-17-5-3-11(12)14(19)18-6-4-9-7-10(15(20)21)1-2-13(9)18/h1-3,5,7-8H,4,6H2,(H,20,21). The Morgan fingerprint density at radius 3 is 2.81 bits per heavy atom. The van der Waals surface area contributed by atoms with Gasteiger partial charge in [-0.25, -0.2) is 4.79 Å². The Balaban J connectivity index is 1.96. The lowest BCUT2D eigenvalue weighted by Crippen LogP contribution is -2.29. The molecular formula is C15H11ClN2O3. The minimum absolute atomic E-state index is 0.204. The number of hydrogen-bond donors (Lipinski definition) is 1. The van der Waals surface area contributed by atoms with Gasteiger partial charge in [0.25, 0.3) is 5.91 Å². The predicted octanol–water partition coefficient (Wildman–Crippen LogP) is 2.64. The zero-order valence-electron chi connectivity index (χ0n) is 10.9. The maximum atomic E-state index is 12.5. The molecule has 0 fully saturated rings. The molecule has 1 amide bonds. The molecule has 2 aromatic rings. The first-order valence-electron chi connectivity index (χ1n) is 6.35. The van der Waals surface area contributed by atoms with Gasteiger partial charge in [-0.1, -0.05) is 11.6 Å². The number of pyridine rings is 1. The summed E-state index contributed by atoms with van der Waals surface area (Å²) in [7, 11) is 0. The number of anilines is 1. The fourth-order valence-electron chi connectivity index (χ4n) is 2.44. The summed E-state index contributed by atoms with van der Waals surface area (Å²) in [5, 5.41) is 9.30. The van der Waals surface area contributed by atoms with E-state index in [4.69, 9.17) is 16.7 Å². The SMILES string of the molecule is O=C(O)c1ccc2c(c1)CCN2C(=O)c1ccncc1Cl. The molecule has 1 aromatic carbocycles. The van der Waals surface area contributed by atoms with Crippen molar-refractivity contribution >= 4 is 29.2 Å². The Labute approximate surface area is 125 Å². The highest BCUT2D eigenvalue weighted by Crippen LogP contribution is 2.31. The lowest BCUT2D eigenvalue weighted by atomic mass is 10.1. The zero-order chi connectivity index (χ0) is 15.0. The van der Waals surface area contributed by atoms with Crippen molar-refractivity contribution in [2.45, 2.75) is 6.42 Å². The van der Waals surface area contributed by atoms with E-state index in [-0.39, 0.29) is 11.5 Å². The van der Waals surface area contributed by atoms with E-state index in [0.717, 1.165) is 11.3 Å². The quantitative estimate of drug-likeness (QED) is 0.926. The summed E-state index contributed by atoms with van der Waals surface area (Å²) in [4.78, 5) is 29.0. The molecule has 1 aromatic heterocycles. The van der Waals surface area contributed by atoms with E-state index >= 15 is 0 Å². The van der Waals surface area contributed by atoms with Crippen molar-refractivity contribution in [1.29, 1.82) is 0 Å². The van der Waals surface area contributed by atoms with Crippen molar-refractivity contribution in [1.82, 2.24) is 4.98 Å². The largest absolute Gasteiger partial charge is 0.478 e. The molecule has 21 heavy (non-hydrogen) atoms. The van der Waals surface area contributed by atoms with Crippen LogP contribution in [-0.2, 0) is 6.42 Å². The van der Waals surface area contributed by atoms with Gasteiger partial charge < -0.3 is 10.0 Å². The second-order valence-electron chi connectivity index (χ2n) is 4.71. The molecule has 0 spiro atoms. The number of aromatic nitrogens is 1. The van der Waals surface area contributed by atoms with Crippen molar-refractivity contribution in [3.8, 4) is 0 Å². The molecule has 0 atom stereocenters. The number of rotatable bonds is 2. The number of benzene rings is 1. The number of hydrogen-bond acceptors (Lipinski definition) is 3. The molecule has 0 saturated heterocycles. The highest BCUT2D eigenvalue weighted by molar-refractivity contribution is 6.34. The van der Waals surface area contributed by atoms with Gasteiger partial charge in [0.15, 0.2) is 0 Å². The van der Waals surface area contributed by atoms with Gasteiger partial charge in [-0.15, -0.1) is 0 Å². The Morgan fingerprint density at radius 2 is 2.10 bits per heavy atom. The molecular weight excluding hydrogens is 292 g/mol. The van der Waals surface area contributed by atoms with E-state index in [9.17, 15) is 9.59 Å². The van der Waals surface area contributed by atoms with Crippen LogP contribution in [0.15, 0.2) is 36.7 Å². The van der Waals surface area contributed by atoms with E-state index in [1.807, 2.05) is 0 Å². The third kappa shape index (κ3) is 2.36. The highest BCUT2D eigenvalue weighted by Gasteiger charge is 2.27. The summed E-state index contributed by atoms with van der Waals surface area (Å²) in [6.07, 6.45) is 3.58. The Bertz CT molecular complexity index is 745. The lowest BCUT2D eigenvalue weighted by Gasteiger charge is -2.18. The van der Waals surface area contributed by atoms with E-state index in [2.05, 4.69) is 4.98 Å². The van der Waals surface area contributed by atoms with Crippen molar-refractivity contribution in [3.05, 3.63) is 58.4 Å². The van der Waals surface area contributed by atoms with Gasteiger partial charge >= 0.3 is 5.97 Å². The third-order valence-electron chi connectivity index (χ3n) is 3.47. The maximum Gasteiger partial charge on any atom is 0.335 e. The number of carboxylic acid groups (broad SMARTS) is 1. The molecule has 2 heterocycles. The molecule has 3 rings (SSSR count). The number of aromatic carboxylic acids is 1. The highest BCUT2D eigenvalue weighted by atomic mass is 35.5. The van der Waals surface area contributed by atoms with Gasteiger partial charge in [-0.3, -0.25) is 9.78 Å². The average molecular weight is 303 g/mol. The van der Waals surface area contributed by atoms with Crippen molar-refractivity contribution in [2.24, 2.45) is 0 Å². The summed E-state index contributed by atoms with van der Waals surface area (Å²) in [5.41, 5.74) is 2.21. The summed E-state index contributed by atoms with van der Waals surface area (Å²) in [6.45, 7) is 0.510. The van der Waals surface area contributed by atoms with Gasteiger partial charge in [0, 0.05) is 24.6 Å². The van der Waals surface area contributed by atoms with Crippen LogP contribution in [0.25, 0.3) is 0 Å². The first-order chi connectivity index (χ1) is 10.1. The fourth-order valence-corrected chi connectivity index (χ4v) is 2.64. The maximum absolute atomic E-state index is 12.5. The number of halogens is 1. The first-order valence-corrected chi connectivity index (χ1v) is 6.73. The monoisotopic (exact) mass is 302 g/mol. The van der Waals surface area contributed by atoms with Crippen LogP contribution in [0.2, 0.25) is 5.02 Å². The first kappa shape index (κ1) is 13.6. The van der Waals surface area contributed by atoms with E-state index in [1.54, 1.807) is 23.1 Å². The minimum Gasteiger partial charge on any atom is -0.478 e. The molecule has 1 aliphatic heterocycles. The molecule has 0 aliphatic carbocycles. The molecule has 0 radical (unpaired) electrons. The number of carbonyl (C=O) groups is 2. The number of nitrogens with zero attached hydrogens (tertiary/aromatic N) is 2. The van der Waals surface area contributed by atoms with Crippen LogP contribution >= 0.6 is 11.6 Å².